The van der Waals surface area contributed by atoms with Gasteiger partial charge >= 0.3 is 0 Å². The van der Waals surface area contributed by atoms with Gasteiger partial charge in [0.25, 0.3) is 0 Å². The van der Waals surface area contributed by atoms with Crippen molar-refractivity contribution in [1.82, 2.24) is 10.2 Å². The number of carbonyl (C=O) groups excluding carboxylic acids is 1. The number of hydrogen-bond donors (Lipinski definition) is 1. The number of carbonyl (C=O) groups is 1. The van der Waals surface area contributed by atoms with E-state index in [-0.39, 0.29) is 11.3 Å². The zero-order valence-corrected chi connectivity index (χ0v) is 18.6. The van der Waals surface area contributed by atoms with Crippen molar-refractivity contribution in [1.29, 1.82) is 0 Å². The second-order valence-electron chi connectivity index (χ2n) is 9.84. The van der Waals surface area contributed by atoms with E-state index in [4.69, 9.17) is 4.74 Å². The Morgan fingerprint density at radius 3 is 2.55 bits per heavy atom. The third-order valence-electron chi connectivity index (χ3n) is 7.70. The minimum Gasteiger partial charge on any atom is -0.497 e. The van der Waals surface area contributed by atoms with Crippen molar-refractivity contribution >= 4 is 5.91 Å². The molecule has 1 saturated carbocycles. The molecule has 1 amide bonds. The van der Waals surface area contributed by atoms with Gasteiger partial charge in [-0.2, -0.15) is 0 Å². The molecule has 0 radical (unpaired) electrons. The van der Waals surface area contributed by atoms with Crippen LogP contribution < -0.4 is 10.1 Å². The Hall–Kier alpha value is -2.33. The fourth-order valence-electron chi connectivity index (χ4n) is 5.69. The Balaban J connectivity index is 1.22. The molecule has 0 aromatic heterocycles. The second kappa shape index (κ2) is 8.66. The zero-order valence-electron chi connectivity index (χ0n) is 18.6. The van der Waals surface area contributed by atoms with Crippen molar-refractivity contribution in [2.75, 3.05) is 26.7 Å². The van der Waals surface area contributed by atoms with Crippen LogP contribution in [0.3, 0.4) is 0 Å². The van der Waals surface area contributed by atoms with Crippen molar-refractivity contribution in [2.45, 2.75) is 56.4 Å². The highest BCUT2D eigenvalue weighted by atomic mass is 16.5. The number of likely N-dealkylation sites (tertiary alicyclic amines) is 1. The Morgan fingerprint density at radius 1 is 1.10 bits per heavy atom. The standard InChI is InChI=1S/C27H34N2O2/c1-31-23-10-8-21(9-11-23)19-29-14-12-27(13-15-29)17-22(24-4-2-3-5-25(24)27)16-26(30)28-18-20-6-7-20/h2-5,8-11,20,22H,6-7,12-19H2,1H3,(H,28,30)/t22-/m0/s1. The van der Waals surface area contributed by atoms with Crippen LogP contribution in [0.1, 0.15) is 61.1 Å². The number of amides is 1. The van der Waals surface area contributed by atoms with Gasteiger partial charge in [-0.25, -0.2) is 0 Å². The molecule has 0 bridgehead atoms. The normalized spacial score (nSPS) is 22.3. The van der Waals surface area contributed by atoms with Gasteiger partial charge in [-0.05, 0) is 91.3 Å². The van der Waals surface area contributed by atoms with Crippen LogP contribution in [0.25, 0.3) is 0 Å². The summed E-state index contributed by atoms with van der Waals surface area (Å²) >= 11 is 0. The molecule has 1 heterocycles. The molecular weight excluding hydrogens is 384 g/mol. The lowest BCUT2D eigenvalue weighted by molar-refractivity contribution is -0.121. The molecule has 164 valence electrons. The summed E-state index contributed by atoms with van der Waals surface area (Å²) in [5, 5.41) is 3.18. The molecule has 1 spiro atoms. The second-order valence-corrected chi connectivity index (χ2v) is 9.84. The average molecular weight is 419 g/mol. The number of nitrogens with zero attached hydrogens (tertiary/aromatic N) is 1. The molecule has 5 rings (SSSR count). The summed E-state index contributed by atoms with van der Waals surface area (Å²) in [6.07, 6.45) is 6.69. The molecule has 1 atom stereocenters. The quantitative estimate of drug-likeness (QED) is 0.713. The van der Waals surface area contributed by atoms with E-state index in [1.54, 1.807) is 7.11 Å². The summed E-state index contributed by atoms with van der Waals surface area (Å²) in [6, 6.07) is 17.4. The third-order valence-corrected chi connectivity index (χ3v) is 7.70. The van der Waals surface area contributed by atoms with Crippen LogP contribution in [-0.4, -0.2) is 37.6 Å². The number of hydrogen-bond acceptors (Lipinski definition) is 3. The highest BCUT2D eigenvalue weighted by Gasteiger charge is 2.45. The van der Waals surface area contributed by atoms with Crippen molar-refractivity contribution in [3.8, 4) is 5.75 Å². The van der Waals surface area contributed by atoms with Gasteiger partial charge in [-0.15, -0.1) is 0 Å². The highest BCUT2D eigenvalue weighted by molar-refractivity contribution is 5.77. The third kappa shape index (κ3) is 4.50. The lowest BCUT2D eigenvalue weighted by atomic mass is 9.73. The summed E-state index contributed by atoms with van der Waals surface area (Å²) in [6.45, 7) is 4.09. The SMILES string of the molecule is COc1ccc(CN2CCC3(CC2)C[C@H](CC(=O)NCC2CC2)c2ccccc23)cc1. The minimum absolute atomic E-state index is 0.237. The fraction of sp³-hybridized carbons (Fsp3) is 0.519. The van der Waals surface area contributed by atoms with Crippen LogP contribution in [0.15, 0.2) is 48.5 Å². The predicted molar refractivity (Wildman–Crippen MR) is 123 cm³/mol. The van der Waals surface area contributed by atoms with Crippen LogP contribution in [0, 0.1) is 5.92 Å². The molecule has 4 heteroatoms. The number of rotatable bonds is 7. The van der Waals surface area contributed by atoms with Crippen LogP contribution >= 0.6 is 0 Å². The average Bonchev–Trinajstić information content (AvgIpc) is 3.59. The topological polar surface area (TPSA) is 41.6 Å². The van der Waals surface area contributed by atoms with Gasteiger partial charge in [-0.1, -0.05) is 36.4 Å². The monoisotopic (exact) mass is 418 g/mol. The van der Waals surface area contributed by atoms with E-state index in [0.717, 1.165) is 44.3 Å². The highest BCUT2D eigenvalue weighted by Crippen LogP contribution is 2.52. The summed E-state index contributed by atoms with van der Waals surface area (Å²) < 4.78 is 5.28. The maximum absolute atomic E-state index is 12.6. The van der Waals surface area contributed by atoms with Gasteiger partial charge < -0.3 is 10.1 Å². The lowest BCUT2D eigenvalue weighted by Gasteiger charge is -2.40. The van der Waals surface area contributed by atoms with Crippen LogP contribution in [0.5, 0.6) is 5.75 Å². The number of ether oxygens (including phenoxy) is 1. The summed E-state index contributed by atoms with van der Waals surface area (Å²) in [4.78, 5) is 15.2. The number of fused-ring (bicyclic) bond motifs is 2. The first-order chi connectivity index (χ1) is 15.1. The smallest absolute Gasteiger partial charge is 0.220 e. The Morgan fingerprint density at radius 2 is 1.84 bits per heavy atom. The molecule has 1 N–H and O–H groups in total. The van der Waals surface area contributed by atoms with Gasteiger partial charge in [0.2, 0.25) is 5.91 Å². The molecule has 2 fully saturated rings. The lowest BCUT2D eigenvalue weighted by Crippen LogP contribution is -2.41. The Kier molecular flexibility index (Phi) is 5.75. The molecular formula is C27H34N2O2. The molecule has 4 nitrogen and oxygen atoms in total. The van der Waals surface area contributed by atoms with E-state index in [9.17, 15) is 4.79 Å². The Bertz CT molecular complexity index is 911. The van der Waals surface area contributed by atoms with Gasteiger partial charge in [0.1, 0.15) is 5.75 Å². The molecule has 2 aromatic carbocycles. The van der Waals surface area contributed by atoms with Crippen LogP contribution in [0.4, 0.5) is 0 Å². The summed E-state index contributed by atoms with van der Waals surface area (Å²) in [7, 11) is 1.71. The molecule has 2 aromatic rings. The number of piperidine rings is 1. The number of benzene rings is 2. The molecule has 31 heavy (non-hydrogen) atoms. The van der Waals surface area contributed by atoms with E-state index in [1.165, 1.54) is 42.4 Å². The van der Waals surface area contributed by atoms with Crippen molar-refractivity contribution < 1.29 is 9.53 Å². The van der Waals surface area contributed by atoms with Crippen molar-refractivity contribution in [3.63, 3.8) is 0 Å². The van der Waals surface area contributed by atoms with Crippen LogP contribution in [0.2, 0.25) is 0 Å². The maximum Gasteiger partial charge on any atom is 0.220 e. The van der Waals surface area contributed by atoms with Gasteiger partial charge in [0.05, 0.1) is 7.11 Å². The van der Waals surface area contributed by atoms with Crippen LogP contribution in [-0.2, 0) is 16.8 Å². The first kappa shape index (κ1) is 20.6. The largest absolute Gasteiger partial charge is 0.497 e. The summed E-state index contributed by atoms with van der Waals surface area (Å²) in [5.41, 5.74) is 4.52. The molecule has 1 aliphatic heterocycles. The number of methoxy groups -OCH3 is 1. The van der Waals surface area contributed by atoms with E-state index in [2.05, 4.69) is 46.6 Å². The minimum atomic E-state index is 0.237. The van der Waals surface area contributed by atoms with E-state index in [1.807, 2.05) is 12.1 Å². The molecule has 2 aliphatic carbocycles. The molecule has 3 aliphatic rings. The molecule has 1 saturated heterocycles. The van der Waals surface area contributed by atoms with Gasteiger partial charge in [0.15, 0.2) is 0 Å². The van der Waals surface area contributed by atoms with E-state index in [0.29, 0.717) is 12.3 Å². The maximum atomic E-state index is 12.6. The summed E-state index contributed by atoms with van der Waals surface area (Å²) in [5.74, 6) is 2.25. The zero-order chi connectivity index (χ0) is 21.3. The fourth-order valence-corrected chi connectivity index (χ4v) is 5.69. The number of nitrogens with one attached hydrogen (secondary N) is 1. The first-order valence-corrected chi connectivity index (χ1v) is 11.9. The van der Waals surface area contributed by atoms with E-state index < -0.39 is 0 Å². The molecule has 0 unspecified atom stereocenters. The Labute approximate surface area is 186 Å². The van der Waals surface area contributed by atoms with Gasteiger partial charge in [0, 0.05) is 19.5 Å². The van der Waals surface area contributed by atoms with Crippen molar-refractivity contribution in [3.05, 3.63) is 65.2 Å². The van der Waals surface area contributed by atoms with Crippen molar-refractivity contribution in [2.24, 2.45) is 5.92 Å². The van der Waals surface area contributed by atoms with E-state index >= 15 is 0 Å². The first-order valence-electron chi connectivity index (χ1n) is 11.9. The predicted octanol–water partition coefficient (Wildman–Crippen LogP) is 4.63. The van der Waals surface area contributed by atoms with Gasteiger partial charge in [-0.3, -0.25) is 9.69 Å².